The maximum absolute atomic E-state index is 12.2. The molecule has 0 heterocycles. The van der Waals surface area contributed by atoms with Gasteiger partial charge < -0.3 is 11.1 Å². The molecule has 0 saturated heterocycles. The fourth-order valence-electron chi connectivity index (χ4n) is 2.37. The lowest BCUT2D eigenvalue weighted by Gasteiger charge is -2.31. The van der Waals surface area contributed by atoms with E-state index in [4.69, 9.17) is 5.73 Å². The Morgan fingerprint density at radius 2 is 2.06 bits per heavy atom. The van der Waals surface area contributed by atoms with Crippen LogP contribution in [0.4, 0.5) is 5.69 Å². The summed E-state index contributed by atoms with van der Waals surface area (Å²) in [4.78, 5) is 13.4. The van der Waals surface area contributed by atoms with Crippen molar-refractivity contribution in [2.75, 3.05) is 11.6 Å². The van der Waals surface area contributed by atoms with Crippen molar-refractivity contribution < 1.29 is 4.79 Å². The first kappa shape index (κ1) is 13.4. The lowest BCUT2D eigenvalue weighted by Crippen LogP contribution is -2.52. The highest BCUT2D eigenvalue weighted by atomic mass is 32.2. The molecule has 0 unspecified atom stereocenters. The van der Waals surface area contributed by atoms with Crippen molar-refractivity contribution in [3.63, 3.8) is 0 Å². The van der Waals surface area contributed by atoms with Crippen LogP contribution < -0.4 is 11.1 Å². The van der Waals surface area contributed by atoms with Gasteiger partial charge in [0.2, 0.25) is 5.91 Å². The molecule has 1 aromatic carbocycles. The van der Waals surface area contributed by atoms with E-state index in [-0.39, 0.29) is 5.91 Å². The third-order valence-electron chi connectivity index (χ3n) is 3.53. The zero-order valence-corrected chi connectivity index (χ0v) is 11.6. The summed E-state index contributed by atoms with van der Waals surface area (Å²) in [5.74, 6) is -0.0412. The summed E-state index contributed by atoms with van der Waals surface area (Å²) < 4.78 is 0. The normalized spacial score (nSPS) is 18.3. The van der Waals surface area contributed by atoms with E-state index in [1.165, 1.54) is 6.42 Å². The van der Waals surface area contributed by atoms with E-state index < -0.39 is 5.54 Å². The van der Waals surface area contributed by atoms with Crippen molar-refractivity contribution in [1.82, 2.24) is 0 Å². The molecule has 0 atom stereocenters. The monoisotopic (exact) mass is 264 g/mol. The third-order valence-corrected chi connectivity index (χ3v) is 4.25. The van der Waals surface area contributed by atoms with Crippen LogP contribution in [0.25, 0.3) is 0 Å². The van der Waals surface area contributed by atoms with E-state index in [0.29, 0.717) is 0 Å². The second-order valence-electron chi connectivity index (χ2n) is 4.90. The molecule has 1 aliphatic carbocycles. The minimum Gasteiger partial charge on any atom is -0.324 e. The molecule has 0 bridgehead atoms. The van der Waals surface area contributed by atoms with Crippen molar-refractivity contribution >= 4 is 23.4 Å². The Morgan fingerprint density at radius 3 is 2.72 bits per heavy atom. The minimum atomic E-state index is -0.673. The van der Waals surface area contributed by atoms with Crippen LogP contribution in [-0.4, -0.2) is 17.7 Å². The molecule has 0 aliphatic heterocycles. The molecule has 3 nitrogen and oxygen atoms in total. The number of carbonyl (C=O) groups is 1. The summed E-state index contributed by atoms with van der Waals surface area (Å²) in [6.45, 7) is 0. The first-order valence-corrected chi connectivity index (χ1v) is 7.61. The fourth-order valence-corrected chi connectivity index (χ4v) is 2.83. The molecule has 18 heavy (non-hydrogen) atoms. The minimum absolute atomic E-state index is 0.0412. The van der Waals surface area contributed by atoms with Gasteiger partial charge in [-0.2, -0.15) is 0 Å². The molecule has 3 N–H and O–H groups in total. The Hall–Kier alpha value is -1.00. The molecule has 4 heteroatoms. The zero-order chi connectivity index (χ0) is 13.0. The average molecular weight is 264 g/mol. The third kappa shape index (κ3) is 3.06. The molecule has 1 amide bonds. The second kappa shape index (κ2) is 5.76. The predicted molar refractivity (Wildman–Crippen MR) is 76.9 cm³/mol. The van der Waals surface area contributed by atoms with Crippen LogP contribution in [0, 0.1) is 0 Å². The number of amides is 1. The number of nitrogens with one attached hydrogen (secondary N) is 1. The highest BCUT2D eigenvalue weighted by Crippen LogP contribution is 2.27. The van der Waals surface area contributed by atoms with E-state index in [1.807, 2.05) is 30.5 Å². The summed E-state index contributed by atoms with van der Waals surface area (Å²) in [6, 6.07) is 7.86. The molecular weight excluding hydrogens is 244 g/mol. The lowest BCUT2D eigenvalue weighted by atomic mass is 9.82. The van der Waals surface area contributed by atoms with Crippen molar-refractivity contribution in [2.24, 2.45) is 5.73 Å². The second-order valence-corrected chi connectivity index (χ2v) is 5.78. The Kier molecular flexibility index (Phi) is 4.30. The Bertz CT molecular complexity index is 428. The summed E-state index contributed by atoms with van der Waals surface area (Å²) in [5, 5.41) is 2.95. The van der Waals surface area contributed by atoms with E-state index in [9.17, 15) is 4.79 Å². The number of hydrogen-bond acceptors (Lipinski definition) is 3. The predicted octanol–water partition coefficient (Wildman–Crippen LogP) is 3.01. The van der Waals surface area contributed by atoms with Gasteiger partial charge in [0.25, 0.3) is 0 Å². The Balaban J connectivity index is 2.05. The summed E-state index contributed by atoms with van der Waals surface area (Å²) in [6.07, 6.45) is 6.90. The number of carbonyl (C=O) groups excluding carboxylic acids is 1. The SMILES string of the molecule is CSc1cccc(NC(=O)C2(N)CCCCC2)c1. The smallest absolute Gasteiger partial charge is 0.244 e. The van der Waals surface area contributed by atoms with E-state index in [1.54, 1.807) is 11.8 Å². The van der Waals surface area contributed by atoms with Crippen LogP contribution in [0.5, 0.6) is 0 Å². The number of rotatable bonds is 3. The molecule has 0 spiro atoms. The number of thioether (sulfide) groups is 1. The van der Waals surface area contributed by atoms with Crippen molar-refractivity contribution in [1.29, 1.82) is 0 Å². The van der Waals surface area contributed by atoms with Gasteiger partial charge in [-0.1, -0.05) is 25.3 Å². The van der Waals surface area contributed by atoms with Crippen LogP contribution in [0.3, 0.4) is 0 Å². The quantitative estimate of drug-likeness (QED) is 0.825. The molecule has 1 saturated carbocycles. The van der Waals surface area contributed by atoms with Gasteiger partial charge in [0.1, 0.15) is 0 Å². The molecular formula is C14H20N2OS. The number of benzene rings is 1. The molecule has 0 aromatic heterocycles. The van der Waals surface area contributed by atoms with Crippen LogP contribution in [0.2, 0.25) is 0 Å². The van der Waals surface area contributed by atoms with Crippen molar-refractivity contribution in [3.05, 3.63) is 24.3 Å². The van der Waals surface area contributed by atoms with E-state index in [2.05, 4.69) is 5.32 Å². The highest BCUT2D eigenvalue weighted by Gasteiger charge is 2.35. The van der Waals surface area contributed by atoms with Crippen molar-refractivity contribution in [3.8, 4) is 0 Å². The fraction of sp³-hybridized carbons (Fsp3) is 0.500. The Labute approximate surface area is 113 Å². The van der Waals surface area contributed by atoms with Gasteiger partial charge in [-0.15, -0.1) is 11.8 Å². The molecule has 2 rings (SSSR count). The lowest BCUT2D eigenvalue weighted by molar-refractivity contribution is -0.122. The number of hydrogen-bond donors (Lipinski definition) is 2. The maximum Gasteiger partial charge on any atom is 0.244 e. The van der Waals surface area contributed by atoms with Gasteiger partial charge in [0.15, 0.2) is 0 Å². The van der Waals surface area contributed by atoms with E-state index >= 15 is 0 Å². The first-order chi connectivity index (χ1) is 8.64. The van der Waals surface area contributed by atoms with Crippen LogP contribution >= 0.6 is 11.8 Å². The number of nitrogens with two attached hydrogens (primary N) is 1. The zero-order valence-electron chi connectivity index (χ0n) is 10.7. The standard InChI is InChI=1S/C14H20N2OS/c1-18-12-7-5-6-11(10-12)16-13(17)14(15)8-3-2-4-9-14/h5-7,10H,2-4,8-9,15H2,1H3,(H,16,17). The topological polar surface area (TPSA) is 55.1 Å². The molecule has 1 aliphatic rings. The van der Waals surface area contributed by atoms with Gasteiger partial charge in [0.05, 0.1) is 5.54 Å². The molecule has 0 radical (unpaired) electrons. The Morgan fingerprint density at radius 1 is 1.33 bits per heavy atom. The highest BCUT2D eigenvalue weighted by molar-refractivity contribution is 7.98. The van der Waals surface area contributed by atoms with Gasteiger partial charge in [-0.3, -0.25) is 4.79 Å². The van der Waals surface area contributed by atoms with Crippen LogP contribution in [-0.2, 0) is 4.79 Å². The maximum atomic E-state index is 12.2. The average Bonchev–Trinajstić information content (AvgIpc) is 2.40. The molecule has 1 fully saturated rings. The van der Waals surface area contributed by atoms with Gasteiger partial charge in [0, 0.05) is 10.6 Å². The van der Waals surface area contributed by atoms with Gasteiger partial charge >= 0.3 is 0 Å². The molecule has 98 valence electrons. The van der Waals surface area contributed by atoms with E-state index in [0.717, 1.165) is 36.3 Å². The first-order valence-electron chi connectivity index (χ1n) is 6.38. The van der Waals surface area contributed by atoms with Crippen molar-refractivity contribution in [2.45, 2.75) is 42.5 Å². The van der Waals surface area contributed by atoms with Crippen LogP contribution in [0.15, 0.2) is 29.2 Å². The van der Waals surface area contributed by atoms with Crippen LogP contribution in [0.1, 0.15) is 32.1 Å². The number of anilines is 1. The van der Waals surface area contributed by atoms with Gasteiger partial charge in [-0.25, -0.2) is 0 Å². The van der Waals surface area contributed by atoms with Gasteiger partial charge in [-0.05, 0) is 37.3 Å². The summed E-state index contributed by atoms with van der Waals surface area (Å²) in [5.41, 5.74) is 6.37. The summed E-state index contributed by atoms with van der Waals surface area (Å²) >= 11 is 1.66. The summed E-state index contributed by atoms with van der Waals surface area (Å²) in [7, 11) is 0. The largest absolute Gasteiger partial charge is 0.324 e. The molecule has 1 aromatic rings.